The van der Waals surface area contributed by atoms with E-state index in [9.17, 15) is 31.9 Å². The number of amides is 2. The minimum absolute atomic E-state index is 0.0177. The molecule has 2 spiro atoms. The number of carbonyl (C=O) groups excluding carboxylic acids is 2. The highest BCUT2D eigenvalue weighted by atomic mass is 32.2. The number of piperidine rings is 1. The maximum absolute atomic E-state index is 15.6. The van der Waals surface area contributed by atoms with Crippen LogP contribution in [0.15, 0.2) is 34.9 Å². The Morgan fingerprint density at radius 2 is 1.74 bits per heavy atom. The van der Waals surface area contributed by atoms with Crippen molar-refractivity contribution in [1.29, 1.82) is 0 Å². The summed E-state index contributed by atoms with van der Waals surface area (Å²) in [5.41, 5.74) is 0.199. The van der Waals surface area contributed by atoms with Crippen molar-refractivity contribution in [3.63, 3.8) is 0 Å². The van der Waals surface area contributed by atoms with Gasteiger partial charge in [0.2, 0.25) is 21.9 Å². The van der Waals surface area contributed by atoms with E-state index in [1.165, 1.54) is 30.3 Å². The van der Waals surface area contributed by atoms with Gasteiger partial charge < -0.3 is 24.6 Å². The molecule has 3 N–H and O–H groups in total. The van der Waals surface area contributed by atoms with Crippen molar-refractivity contribution in [3.8, 4) is 0 Å². The average Bonchev–Trinajstić information content (AvgIpc) is 3.48. The van der Waals surface area contributed by atoms with Gasteiger partial charge in [-0.15, -0.1) is 0 Å². The van der Waals surface area contributed by atoms with Crippen LogP contribution in [0.3, 0.4) is 0 Å². The SMILES string of the molecule is CN1C(=O)C2(CCC(F)(F)CC2)c2cc(NC(=O)c3c(N4CCC5(CC4)CC5)cc(NS(=O)(=O)CCO)c4ccoc34)cc(F)c21. The number of aliphatic hydroxyl groups excluding tert-OH is 1. The zero-order valence-corrected chi connectivity index (χ0v) is 26.1. The van der Waals surface area contributed by atoms with Gasteiger partial charge in [0, 0.05) is 44.1 Å². The first kappa shape index (κ1) is 30.9. The standard InChI is InChI=1S/C32H35F3N4O6S/c1-38-26-21(31(29(38)42)5-7-32(34,35)8-6-31)16-19(17-22(26)33)36-28(41)25-24(39-11-9-30(3-4-30)10-12-39)18-23(20-2-14-45-27(20)25)37-46(43,44)15-13-40/h2,14,16-18,37,40H,3-13,15H2,1H3,(H,36,41). The minimum atomic E-state index is -3.91. The van der Waals surface area contributed by atoms with Crippen molar-refractivity contribution in [1.82, 2.24) is 0 Å². The number of halogens is 3. The number of benzene rings is 2. The molecule has 2 aliphatic heterocycles. The molecule has 7 rings (SSSR count). The van der Waals surface area contributed by atoms with Gasteiger partial charge >= 0.3 is 0 Å². The molecule has 0 bridgehead atoms. The molecule has 14 heteroatoms. The zero-order chi connectivity index (χ0) is 32.6. The molecular formula is C32H35F3N4O6S. The molecule has 2 aromatic carbocycles. The third-order valence-corrected chi connectivity index (χ3v) is 11.7. The normalized spacial score (nSPS) is 21.2. The van der Waals surface area contributed by atoms with Crippen LogP contribution in [0.1, 0.15) is 67.3 Å². The lowest BCUT2D eigenvalue weighted by Gasteiger charge is -2.36. The Labute approximate surface area is 264 Å². The van der Waals surface area contributed by atoms with E-state index in [-0.39, 0.29) is 46.6 Å². The predicted molar refractivity (Wildman–Crippen MR) is 167 cm³/mol. The van der Waals surface area contributed by atoms with Crippen LogP contribution in [0.2, 0.25) is 0 Å². The van der Waals surface area contributed by atoms with E-state index >= 15 is 4.39 Å². The minimum Gasteiger partial charge on any atom is -0.463 e. The van der Waals surface area contributed by atoms with Crippen LogP contribution >= 0.6 is 0 Å². The maximum atomic E-state index is 15.6. The van der Waals surface area contributed by atoms with Gasteiger partial charge in [-0.1, -0.05) is 0 Å². The summed E-state index contributed by atoms with van der Waals surface area (Å²) in [6.07, 6.45) is 4.16. The van der Waals surface area contributed by atoms with Gasteiger partial charge in [-0.25, -0.2) is 21.6 Å². The third kappa shape index (κ3) is 5.09. The van der Waals surface area contributed by atoms with E-state index in [1.54, 1.807) is 6.07 Å². The summed E-state index contributed by atoms with van der Waals surface area (Å²) in [6, 6.07) is 5.71. The summed E-state index contributed by atoms with van der Waals surface area (Å²) >= 11 is 0. The highest BCUT2D eigenvalue weighted by Crippen LogP contribution is 2.55. The number of hydrogen-bond acceptors (Lipinski definition) is 7. The Balaban J connectivity index is 1.28. The lowest BCUT2D eigenvalue weighted by molar-refractivity contribution is -0.127. The van der Waals surface area contributed by atoms with Gasteiger partial charge in [0.15, 0.2) is 5.58 Å². The molecule has 10 nitrogen and oxygen atoms in total. The molecule has 0 atom stereocenters. The fourth-order valence-corrected chi connectivity index (χ4v) is 8.39. The first-order chi connectivity index (χ1) is 21.8. The van der Waals surface area contributed by atoms with Crippen LogP contribution in [-0.4, -0.2) is 63.8 Å². The zero-order valence-electron chi connectivity index (χ0n) is 25.3. The molecule has 2 amide bonds. The molecule has 2 saturated carbocycles. The number of nitrogens with zero attached hydrogens (tertiary/aromatic N) is 2. The number of furan rings is 1. The second-order valence-corrected chi connectivity index (χ2v) is 15.1. The largest absolute Gasteiger partial charge is 0.463 e. The molecule has 4 aliphatic rings. The monoisotopic (exact) mass is 660 g/mol. The van der Waals surface area contributed by atoms with Gasteiger partial charge in [0.1, 0.15) is 11.4 Å². The third-order valence-electron chi connectivity index (χ3n) is 10.4. The van der Waals surface area contributed by atoms with Crippen molar-refractivity contribution in [3.05, 3.63) is 47.5 Å². The van der Waals surface area contributed by atoms with Crippen LogP contribution in [0.4, 0.5) is 35.9 Å². The van der Waals surface area contributed by atoms with E-state index < -0.39 is 64.2 Å². The highest BCUT2D eigenvalue weighted by Gasteiger charge is 2.55. The molecule has 1 aromatic heterocycles. The summed E-state index contributed by atoms with van der Waals surface area (Å²) in [6.45, 7) is 0.683. The maximum Gasteiger partial charge on any atom is 0.261 e. The van der Waals surface area contributed by atoms with Crippen molar-refractivity contribution in [2.75, 3.05) is 52.3 Å². The van der Waals surface area contributed by atoms with Gasteiger partial charge in [-0.2, -0.15) is 0 Å². The van der Waals surface area contributed by atoms with Gasteiger partial charge in [-0.05, 0) is 73.8 Å². The Morgan fingerprint density at radius 1 is 1.04 bits per heavy atom. The number of anilines is 4. The van der Waals surface area contributed by atoms with E-state index in [0.717, 1.165) is 31.7 Å². The summed E-state index contributed by atoms with van der Waals surface area (Å²) in [4.78, 5) is 30.7. The molecule has 2 aliphatic carbocycles. The number of nitrogens with one attached hydrogen (secondary N) is 2. The highest BCUT2D eigenvalue weighted by molar-refractivity contribution is 7.92. The second-order valence-electron chi connectivity index (χ2n) is 13.2. The fraction of sp³-hybridized carbons (Fsp3) is 0.500. The quantitative estimate of drug-likeness (QED) is 0.311. The van der Waals surface area contributed by atoms with Gasteiger partial charge in [0.25, 0.3) is 5.91 Å². The van der Waals surface area contributed by atoms with Crippen molar-refractivity contribution < 1.29 is 40.7 Å². The number of alkyl halides is 2. The first-order valence-electron chi connectivity index (χ1n) is 15.5. The Kier molecular flexibility index (Phi) is 7.13. The Bertz CT molecular complexity index is 1850. The number of sulfonamides is 1. The van der Waals surface area contributed by atoms with Crippen LogP contribution in [0, 0.1) is 11.2 Å². The van der Waals surface area contributed by atoms with Crippen LogP contribution in [0.5, 0.6) is 0 Å². The molecule has 246 valence electrons. The van der Waals surface area contributed by atoms with E-state index in [0.29, 0.717) is 29.6 Å². The van der Waals surface area contributed by atoms with E-state index in [1.807, 2.05) is 4.90 Å². The smallest absolute Gasteiger partial charge is 0.261 e. The van der Waals surface area contributed by atoms with Gasteiger partial charge in [-0.3, -0.25) is 14.3 Å². The number of carbonyl (C=O) groups is 2. The number of rotatable bonds is 7. The summed E-state index contributed by atoms with van der Waals surface area (Å²) in [7, 11) is -2.49. The first-order valence-corrected chi connectivity index (χ1v) is 17.1. The molecule has 46 heavy (non-hydrogen) atoms. The molecule has 3 fully saturated rings. The molecular weight excluding hydrogens is 625 g/mol. The number of fused-ring (bicyclic) bond motifs is 3. The lowest BCUT2D eigenvalue weighted by atomic mass is 9.69. The summed E-state index contributed by atoms with van der Waals surface area (Å²) in [5, 5.41) is 12.3. The number of hydrogen-bond donors (Lipinski definition) is 3. The van der Waals surface area contributed by atoms with E-state index in [4.69, 9.17) is 4.42 Å². The summed E-state index contributed by atoms with van der Waals surface area (Å²) in [5.74, 6) is -5.28. The van der Waals surface area contributed by atoms with Crippen LogP contribution in [-0.2, 0) is 20.2 Å². The van der Waals surface area contributed by atoms with Gasteiger partial charge in [0.05, 0.1) is 41.1 Å². The fourth-order valence-electron chi connectivity index (χ4n) is 7.54. The van der Waals surface area contributed by atoms with Crippen molar-refractivity contribution in [2.24, 2.45) is 5.41 Å². The topological polar surface area (TPSA) is 132 Å². The van der Waals surface area contributed by atoms with Crippen LogP contribution < -0.4 is 19.8 Å². The molecule has 1 saturated heterocycles. The summed E-state index contributed by atoms with van der Waals surface area (Å²) < 4.78 is 77.5. The molecule has 0 radical (unpaired) electrons. The number of aliphatic hydroxyl groups is 1. The van der Waals surface area contributed by atoms with Crippen molar-refractivity contribution in [2.45, 2.75) is 62.7 Å². The molecule has 0 unspecified atom stereocenters. The molecule has 3 heterocycles. The molecule has 3 aromatic rings. The average molecular weight is 661 g/mol. The second kappa shape index (κ2) is 10.6. The Hall–Kier alpha value is -3.78. The predicted octanol–water partition coefficient (Wildman–Crippen LogP) is 5.36. The lowest BCUT2D eigenvalue weighted by Crippen LogP contribution is -2.44. The number of likely N-dealkylation sites (N-methyl/N-ethyl adjacent to an activating group) is 1. The van der Waals surface area contributed by atoms with E-state index in [2.05, 4.69) is 10.0 Å². The Morgan fingerprint density at radius 3 is 2.39 bits per heavy atom. The van der Waals surface area contributed by atoms with Crippen LogP contribution in [0.25, 0.3) is 11.0 Å². The van der Waals surface area contributed by atoms with Crippen molar-refractivity contribution >= 4 is 55.6 Å².